The maximum Gasteiger partial charge on any atom is 0.126 e. The molecule has 0 radical (unpaired) electrons. The van der Waals surface area contributed by atoms with Gasteiger partial charge in [0.05, 0.1) is 11.0 Å². The molecule has 2 N–H and O–H groups in total. The minimum absolute atomic E-state index is 0.194. The number of aryl methyl sites for hydroxylation is 2. The van der Waals surface area contributed by atoms with Crippen molar-refractivity contribution in [3.63, 3.8) is 0 Å². The summed E-state index contributed by atoms with van der Waals surface area (Å²) in [6.07, 6.45) is 0.797. The summed E-state index contributed by atoms with van der Waals surface area (Å²) in [5.74, 6) is 0.747. The van der Waals surface area contributed by atoms with Crippen LogP contribution in [0.25, 0.3) is 16.7 Å². The minimum Gasteiger partial charge on any atom is -0.399 e. The standard InChI is InChI=1S/C16H16FN3/c1-3-16-19-14-9-11(18)4-7-15(14)20(16)12-5-6-13(17)10(2)8-12/h4-9H,3,18H2,1-2H3. The van der Waals surface area contributed by atoms with E-state index in [-0.39, 0.29) is 5.82 Å². The van der Waals surface area contributed by atoms with Gasteiger partial charge < -0.3 is 5.73 Å². The third-order valence-corrected chi connectivity index (χ3v) is 3.46. The quantitative estimate of drug-likeness (QED) is 0.722. The maximum absolute atomic E-state index is 13.4. The van der Waals surface area contributed by atoms with E-state index in [1.54, 1.807) is 13.0 Å². The fraction of sp³-hybridized carbons (Fsp3) is 0.188. The molecular formula is C16H16FN3. The van der Waals surface area contributed by atoms with Crippen LogP contribution >= 0.6 is 0 Å². The van der Waals surface area contributed by atoms with Crippen molar-refractivity contribution in [2.45, 2.75) is 20.3 Å². The number of halogens is 1. The first kappa shape index (κ1) is 12.7. The molecule has 2 aromatic carbocycles. The summed E-state index contributed by atoms with van der Waals surface area (Å²) >= 11 is 0. The molecule has 0 aliphatic heterocycles. The van der Waals surface area contributed by atoms with Crippen LogP contribution in [0.4, 0.5) is 10.1 Å². The molecule has 0 bridgehead atoms. The Kier molecular flexibility index (Phi) is 2.93. The zero-order valence-electron chi connectivity index (χ0n) is 11.5. The fourth-order valence-electron chi connectivity index (χ4n) is 2.44. The van der Waals surface area contributed by atoms with E-state index in [0.717, 1.165) is 29.0 Å². The molecular weight excluding hydrogens is 253 g/mol. The molecule has 0 saturated heterocycles. The van der Waals surface area contributed by atoms with Crippen molar-refractivity contribution < 1.29 is 4.39 Å². The normalized spacial score (nSPS) is 11.2. The van der Waals surface area contributed by atoms with Crippen LogP contribution in [0.5, 0.6) is 0 Å². The molecule has 0 aliphatic carbocycles. The van der Waals surface area contributed by atoms with Crippen LogP contribution < -0.4 is 5.73 Å². The second kappa shape index (κ2) is 4.63. The number of imidazole rings is 1. The van der Waals surface area contributed by atoms with Gasteiger partial charge in [-0.3, -0.25) is 4.57 Å². The number of anilines is 1. The van der Waals surface area contributed by atoms with Crippen molar-refractivity contribution in [1.29, 1.82) is 0 Å². The Morgan fingerprint density at radius 2 is 2.00 bits per heavy atom. The number of aromatic nitrogens is 2. The van der Waals surface area contributed by atoms with Crippen molar-refractivity contribution in [2.24, 2.45) is 0 Å². The smallest absolute Gasteiger partial charge is 0.126 e. The topological polar surface area (TPSA) is 43.8 Å². The van der Waals surface area contributed by atoms with Gasteiger partial charge in [0.25, 0.3) is 0 Å². The van der Waals surface area contributed by atoms with Crippen molar-refractivity contribution in [1.82, 2.24) is 9.55 Å². The van der Waals surface area contributed by atoms with Gasteiger partial charge in [-0.15, -0.1) is 0 Å². The fourth-order valence-corrected chi connectivity index (χ4v) is 2.44. The van der Waals surface area contributed by atoms with Crippen LogP contribution in [-0.2, 0) is 6.42 Å². The highest BCUT2D eigenvalue weighted by Gasteiger charge is 2.12. The summed E-state index contributed by atoms with van der Waals surface area (Å²) in [7, 11) is 0. The van der Waals surface area contributed by atoms with E-state index in [0.29, 0.717) is 11.3 Å². The molecule has 0 amide bonds. The van der Waals surface area contributed by atoms with E-state index < -0.39 is 0 Å². The molecule has 3 aromatic rings. The highest BCUT2D eigenvalue weighted by Crippen LogP contribution is 2.24. The summed E-state index contributed by atoms with van der Waals surface area (Å²) < 4.78 is 15.5. The molecule has 3 nitrogen and oxygen atoms in total. The number of nitrogen functional groups attached to an aromatic ring is 1. The zero-order valence-corrected chi connectivity index (χ0v) is 11.5. The van der Waals surface area contributed by atoms with Gasteiger partial charge in [0.2, 0.25) is 0 Å². The highest BCUT2D eigenvalue weighted by molar-refractivity contribution is 5.81. The molecule has 0 aliphatic rings. The molecule has 3 rings (SSSR count). The van der Waals surface area contributed by atoms with E-state index in [1.807, 2.05) is 24.3 Å². The predicted octanol–water partition coefficient (Wildman–Crippen LogP) is 3.62. The second-order valence-corrected chi connectivity index (χ2v) is 4.90. The van der Waals surface area contributed by atoms with E-state index in [9.17, 15) is 4.39 Å². The number of hydrogen-bond acceptors (Lipinski definition) is 2. The van der Waals surface area contributed by atoms with Gasteiger partial charge in [-0.1, -0.05) is 6.92 Å². The largest absolute Gasteiger partial charge is 0.399 e. The molecule has 4 heteroatoms. The summed E-state index contributed by atoms with van der Waals surface area (Å²) in [6, 6.07) is 10.8. The predicted molar refractivity (Wildman–Crippen MR) is 79.6 cm³/mol. The Labute approximate surface area is 116 Å². The van der Waals surface area contributed by atoms with Gasteiger partial charge in [0, 0.05) is 17.8 Å². The van der Waals surface area contributed by atoms with E-state index in [4.69, 9.17) is 5.73 Å². The Morgan fingerprint density at radius 3 is 2.70 bits per heavy atom. The van der Waals surface area contributed by atoms with E-state index >= 15 is 0 Å². The lowest BCUT2D eigenvalue weighted by Gasteiger charge is -2.09. The Balaban J connectivity index is 2.30. The lowest BCUT2D eigenvalue weighted by atomic mass is 10.2. The molecule has 102 valence electrons. The number of fused-ring (bicyclic) bond motifs is 1. The monoisotopic (exact) mass is 269 g/mol. The second-order valence-electron chi connectivity index (χ2n) is 4.90. The molecule has 20 heavy (non-hydrogen) atoms. The van der Waals surface area contributed by atoms with Crippen LogP contribution in [0.1, 0.15) is 18.3 Å². The number of nitrogens with two attached hydrogens (primary N) is 1. The first-order valence-corrected chi connectivity index (χ1v) is 6.63. The Bertz CT molecular complexity index is 790. The molecule has 0 saturated carbocycles. The van der Waals surface area contributed by atoms with E-state index in [2.05, 4.69) is 16.5 Å². The number of hydrogen-bond donors (Lipinski definition) is 1. The lowest BCUT2D eigenvalue weighted by Crippen LogP contribution is -2.01. The van der Waals surface area contributed by atoms with Crippen LogP contribution in [0.2, 0.25) is 0 Å². The van der Waals surface area contributed by atoms with Crippen LogP contribution in [0.3, 0.4) is 0 Å². The van der Waals surface area contributed by atoms with Gasteiger partial charge in [-0.2, -0.15) is 0 Å². The molecule has 0 spiro atoms. The average molecular weight is 269 g/mol. The van der Waals surface area contributed by atoms with Gasteiger partial charge in [0.15, 0.2) is 0 Å². The van der Waals surface area contributed by atoms with Gasteiger partial charge in [-0.25, -0.2) is 9.37 Å². The molecule has 1 aromatic heterocycles. The highest BCUT2D eigenvalue weighted by atomic mass is 19.1. The minimum atomic E-state index is -0.194. The van der Waals surface area contributed by atoms with E-state index in [1.165, 1.54) is 6.07 Å². The summed E-state index contributed by atoms with van der Waals surface area (Å²) in [5, 5.41) is 0. The summed E-state index contributed by atoms with van der Waals surface area (Å²) in [5.41, 5.74) is 9.91. The lowest BCUT2D eigenvalue weighted by molar-refractivity contribution is 0.618. The molecule has 0 unspecified atom stereocenters. The SMILES string of the molecule is CCc1nc2cc(N)ccc2n1-c1ccc(F)c(C)c1. The van der Waals surface area contributed by atoms with Crippen molar-refractivity contribution >= 4 is 16.7 Å². The van der Waals surface area contributed by atoms with Crippen molar-refractivity contribution in [3.05, 3.63) is 53.6 Å². The van der Waals surface area contributed by atoms with Crippen LogP contribution in [0.15, 0.2) is 36.4 Å². The summed E-state index contributed by atoms with van der Waals surface area (Å²) in [4.78, 5) is 4.61. The molecule has 1 heterocycles. The average Bonchev–Trinajstić information content (AvgIpc) is 2.79. The number of nitrogens with zero attached hydrogens (tertiary/aromatic N) is 2. The molecule has 0 fully saturated rings. The van der Waals surface area contributed by atoms with Gasteiger partial charge >= 0.3 is 0 Å². The van der Waals surface area contributed by atoms with Crippen LogP contribution in [0, 0.1) is 12.7 Å². The van der Waals surface area contributed by atoms with Crippen molar-refractivity contribution in [3.8, 4) is 5.69 Å². The summed E-state index contributed by atoms with van der Waals surface area (Å²) in [6.45, 7) is 3.82. The zero-order chi connectivity index (χ0) is 14.3. The van der Waals surface area contributed by atoms with Crippen LogP contribution in [-0.4, -0.2) is 9.55 Å². The third kappa shape index (κ3) is 1.93. The first-order valence-electron chi connectivity index (χ1n) is 6.63. The number of benzene rings is 2. The maximum atomic E-state index is 13.4. The Hall–Kier alpha value is -2.36. The molecule has 0 atom stereocenters. The van der Waals surface area contributed by atoms with Crippen molar-refractivity contribution in [2.75, 3.05) is 5.73 Å². The van der Waals surface area contributed by atoms with Gasteiger partial charge in [0.1, 0.15) is 11.6 Å². The Morgan fingerprint density at radius 1 is 1.20 bits per heavy atom. The van der Waals surface area contributed by atoms with Gasteiger partial charge in [-0.05, 0) is 48.9 Å². The first-order chi connectivity index (χ1) is 9.60. The number of rotatable bonds is 2. The third-order valence-electron chi connectivity index (χ3n) is 3.46.